The molecule has 0 heterocycles. The van der Waals surface area contributed by atoms with Gasteiger partial charge in [-0.3, -0.25) is 0 Å². The average molecular weight is 246 g/mol. The largest absolute Gasteiger partial charge is 0.416 e. The lowest BCUT2D eigenvalue weighted by Gasteiger charge is -2.13. The average Bonchev–Trinajstić information content (AvgIpc) is 2.28. The van der Waals surface area contributed by atoms with E-state index in [-0.39, 0.29) is 6.04 Å². The van der Waals surface area contributed by atoms with E-state index in [0.717, 1.165) is 37.0 Å². The zero-order valence-electron chi connectivity index (χ0n) is 9.50. The van der Waals surface area contributed by atoms with Crippen LogP contribution < -0.4 is 11.5 Å². The van der Waals surface area contributed by atoms with Crippen molar-refractivity contribution in [1.29, 1.82) is 0 Å². The fourth-order valence-electron chi connectivity index (χ4n) is 1.59. The van der Waals surface area contributed by atoms with Crippen molar-refractivity contribution in [3.8, 4) is 0 Å². The number of halogens is 3. The summed E-state index contributed by atoms with van der Waals surface area (Å²) in [5.41, 5.74) is 11.3. The zero-order valence-corrected chi connectivity index (χ0v) is 9.50. The minimum Gasteiger partial charge on any atom is -0.330 e. The summed E-state index contributed by atoms with van der Waals surface area (Å²) in [7, 11) is 0. The molecule has 17 heavy (non-hydrogen) atoms. The van der Waals surface area contributed by atoms with Gasteiger partial charge in [0, 0.05) is 6.04 Å². The summed E-state index contributed by atoms with van der Waals surface area (Å²) in [5, 5.41) is 0. The Labute approximate surface area is 98.8 Å². The summed E-state index contributed by atoms with van der Waals surface area (Å²) in [4.78, 5) is 0. The Hall–Kier alpha value is -1.07. The van der Waals surface area contributed by atoms with E-state index >= 15 is 0 Å². The van der Waals surface area contributed by atoms with E-state index in [1.165, 1.54) is 12.1 Å². The van der Waals surface area contributed by atoms with E-state index in [9.17, 15) is 13.2 Å². The third kappa shape index (κ3) is 4.36. The monoisotopic (exact) mass is 246 g/mol. The first-order valence-corrected chi connectivity index (χ1v) is 5.58. The normalized spacial score (nSPS) is 13.7. The summed E-state index contributed by atoms with van der Waals surface area (Å²) in [5.74, 6) is 0. The molecule has 96 valence electrons. The molecule has 1 atom stereocenters. The topological polar surface area (TPSA) is 52.0 Å². The molecular formula is C12H17F3N2. The van der Waals surface area contributed by atoms with Gasteiger partial charge in [0.25, 0.3) is 0 Å². The molecule has 0 aromatic heterocycles. The van der Waals surface area contributed by atoms with Crippen LogP contribution in [0.4, 0.5) is 13.2 Å². The smallest absolute Gasteiger partial charge is 0.330 e. The second-order valence-electron chi connectivity index (χ2n) is 4.01. The van der Waals surface area contributed by atoms with Gasteiger partial charge in [0.15, 0.2) is 0 Å². The molecule has 0 radical (unpaired) electrons. The highest BCUT2D eigenvalue weighted by Crippen LogP contribution is 2.30. The number of benzene rings is 1. The molecule has 0 spiro atoms. The van der Waals surface area contributed by atoms with Gasteiger partial charge in [-0.25, -0.2) is 0 Å². The molecule has 0 fully saturated rings. The molecule has 0 saturated carbocycles. The summed E-state index contributed by atoms with van der Waals surface area (Å²) >= 11 is 0. The second-order valence-corrected chi connectivity index (χ2v) is 4.01. The quantitative estimate of drug-likeness (QED) is 0.785. The van der Waals surface area contributed by atoms with E-state index in [1.807, 2.05) is 0 Å². The van der Waals surface area contributed by atoms with Crippen LogP contribution in [0.25, 0.3) is 0 Å². The predicted octanol–water partition coefficient (Wildman–Crippen LogP) is 2.83. The van der Waals surface area contributed by atoms with E-state index in [2.05, 4.69) is 0 Å². The van der Waals surface area contributed by atoms with Crippen molar-refractivity contribution in [1.82, 2.24) is 0 Å². The Morgan fingerprint density at radius 3 is 2.12 bits per heavy atom. The number of rotatable bonds is 5. The molecule has 0 bridgehead atoms. The molecule has 0 aliphatic heterocycles. The van der Waals surface area contributed by atoms with Gasteiger partial charge in [-0.15, -0.1) is 0 Å². The van der Waals surface area contributed by atoms with Gasteiger partial charge in [0.2, 0.25) is 0 Å². The third-order valence-electron chi connectivity index (χ3n) is 2.64. The van der Waals surface area contributed by atoms with Crippen LogP contribution in [0, 0.1) is 0 Å². The Morgan fingerprint density at radius 1 is 1.06 bits per heavy atom. The highest BCUT2D eigenvalue weighted by molar-refractivity contribution is 5.26. The maximum Gasteiger partial charge on any atom is 0.416 e. The molecule has 0 amide bonds. The van der Waals surface area contributed by atoms with Crippen LogP contribution in [-0.2, 0) is 6.18 Å². The summed E-state index contributed by atoms with van der Waals surface area (Å²) < 4.78 is 37.0. The van der Waals surface area contributed by atoms with E-state index in [1.54, 1.807) is 0 Å². The number of nitrogens with two attached hydrogens (primary N) is 2. The first kappa shape index (κ1) is 14.0. The van der Waals surface area contributed by atoms with Crippen molar-refractivity contribution in [3.05, 3.63) is 35.4 Å². The molecule has 0 aliphatic carbocycles. The van der Waals surface area contributed by atoms with Gasteiger partial charge in [-0.2, -0.15) is 13.2 Å². The maximum atomic E-state index is 12.3. The Bertz CT molecular complexity index is 333. The van der Waals surface area contributed by atoms with Gasteiger partial charge in [-0.05, 0) is 37.1 Å². The van der Waals surface area contributed by atoms with Crippen molar-refractivity contribution in [2.24, 2.45) is 11.5 Å². The fraction of sp³-hybridized carbons (Fsp3) is 0.500. The highest BCUT2D eigenvalue weighted by atomic mass is 19.4. The number of unbranched alkanes of at least 4 members (excludes halogenated alkanes) is 1. The van der Waals surface area contributed by atoms with Crippen LogP contribution in [0.15, 0.2) is 24.3 Å². The van der Waals surface area contributed by atoms with Crippen LogP contribution in [0.1, 0.15) is 36.4 Å². The lowest BCUT2D eigenvalue weighted by molar-refractivity contribution is -0.137. The van der Waals surface area contributed by atoms with Gasteiger partial charge in [-0.1, -0.05) is 18.6 Å². The Balaban J connectivity index is 2.61. The molecule has 1 aromatic carbocycles. The minimum atomic E-state index is -4.29. The number of hydrogen-bond donors (Lipinski definition) is 2. The summed E-state index contributed by atoms with van der Waals surface area (Å²) in [6.45, 7) is 0.611. The van der Waals surface area contributed by atoms with Crippen LogP contribution in [0.5, 0.6) is 0 Å². The van der Waals surface area contributed by atoms with Gasteiger partial charge in [0.1, 0.15) is 0 Å². The molecule has 5 heteroatoms. The maximum absolute atomic E-state index is 12.3. The second kappa shape index (κ2) is 6.02. The molecule has 4 N–H and O–H groups in total. The lowest BCUT2D eigenvalue weighted by atomic mass is 10.0. The van der Waals surface area contributed by atoms with Gasteiger partial charge >= 0.3 is 6.18 Å². The third-order valence-corrected chi connectivity index (χ3v) is 2.64. The molecule has 0 unspecified atom stereocenters. The van der Waals surface area contributed by atoms with Crippen molar-refractivity contribution in [3.63, 3.8) is 0 Å². The molecule has 0 saturated heterocycles. The van der Waals surface area contributed by atoms with E-state index in [0.29, 0.717) is 6.54 Å². The van der Waals surface area contributed by atoms with E-state index in [4.69, 9.17) is 11.5 Å². The molecule has 1 rings (SSSR count). The Morgan fingerprint density at radius 2 is 1.65 bits per heavy atom. The standard InChI is InChI=1S/C12H17F3N2/c13-12(14,15)10-6-4-9(5-7-10)11(17)3-1-2-8-16/h4-7,11H,1-3,8,16-17H2/t11-/m1/s1. The lowest BCUT2D eigenvalue weighted by Crippen LogP contribution is -2.12. The van der Waals surface area contributed by atoms with Crippen LogP contribution >= 0.6 is 0 Å². The van der Waals surface area contributed by atoms with Crippen LogP contribution in [0.2, 0.25) is 0 Å². The highest BCUT2D eigenvalue weighted by Gasteiger charge is 2.30. The summed E-state index contributed by atoms with van der Waals surface area (Å²) in [6.07, 6.45) is -1.78. The van der Waals surface area contributed by atoms with Crippen LogP contribution in [-0.4, -0.2) is 6.54 Å². The van der Waals surface area contributed by atoms with E-state index < -0.39 is 11.7 Å². The molecule has 2 nitrogen and oxygen atoms in total. The van der Waals surface area contributed by atoms with Crippen molar-refractivity contribution < 1.29 is 13.2 Å². The van der Waals surface area contributed by atoms with Crippen molar-refractivity contribution in [2.45, 2.75) is 31.5 Å². The SMILES string of the molecule is NCCCC[C@@H](N)c1ccc(C(F)(F)F)cc1. The van der Waals surface area contributed by atoms with Gasteiger partial charge in [0.05, 0.1) is 5.56 Å². The number of alkyl halides is 3. The predicted molar refractivity (Wildman–Crippen MR) is 61.3 cm³/mol. The molecule has 0 aliphatic rings. The van der Waals surface area contributed by atoms with Crippen LogP contribution in [0.3, 0.4) is 0 Å². The van der Waals surface area contributed by atoms with Crippen molar-refractivity contribution >= 4 is 0 Å². The van der Waals surface area contributed by atoms with Crippen molar-refractivity contribution in [2.75, 3.05) is 6.54 Å². The number of hydrogen-bond acceptors (Lipinski definition) is 2. The zero-order chi connectivity index (χ0) is 12.9. The first-order chi connectivity index (χ1) is 7.95. The first-order valence-electron chi connectivity index (χ1n) is 5.58. The molecule has 1 aromatic rings. The summed E-state index contributed by atoms with van der Waals surface area (Å²) in [6, 6.07) is 4.80. The van der Waals surface area contributed by atoms with Gasteiger partial charge < -0.3 is 11.5 Å². The molecular weight excluding hydrogens is 229 g/mol. The minimum absolute atomic E-state index is 0.219. The Kier molecular flexibility index (Phi) is 4.96. The fourth-order valence-corrected chi connectivity index (χ4v) is 1.59.